The van der Waals surface area contributed by atoms with Gasteiger partial charge in [-0.1, -0.05) is 0 Å². The Morgan fingerprint density at radius 2 is 0.957 bits per heavy atom. The van der Waals surface area contributed by atoms with Crippen LogP contribution in [-0.4, -0.2) is 73.9 Å². The van der Waals surface area contributed by atoms with Crippen molar-refractivity contribution >= 4 is 49.1 Å². The van der Waals surface area contributed by atoms with E-state index in [4.69, 9.17) is 37.6 Å². The number of aliphatic carboxylic acids is 4. The van der Waals surface area contributed by atoms with E-state index < -0.39 is 48.4 Å². The molecule has 3 atom stereocenters. The SMILES string of the molecule is NC(CC(=O)O)C(=O)O.NC(CS)C(=O)O.NC(CS)C(=O)O. The van der Waals surface area contributed by atoms with E-state index in [2.05, 4.69) is 25.3 Å². The van der Waals surface area contributed by atoms with Gasteiger partial charge in [-0.2, -0.15) is 25.3 Å². The summed E-state index contributed by atoms with van der Waals surface area (Å²) in [6.45, 7) is 0. The molecule has 0 aliphatic rings. The van der Waals surface area contributed by atoms with Crippen LogP contribution in [0, 0.1) is 0 Å². The van der Waals surface area contributed by atoms with Gasteiger partial charge in [0.05, 0.1) is 6.42 Å². The highest BCUT2D eigenvalue weighted by Crippen LogP contribution is 1.86. The predicted octanol–water partition coefficient (Wildman–Crippen LogP) is -2.47. The summed E-state index contributed by atoms with van der Waals surface area (Å²) in [5, 5.41) is 32.0. The van der Waals surface area contributed by atoms with Crippen molar-refractivity contribution in [3.8, 4) is 0 Å². The number of rotatable bonds is 7. The van der Waals surface area contributed by atoms with Crippen molar-refractivity contribution in [3.63, 3.8) is 0 Å². The highest BCUT2D eigenvalue weighted by Gasteiger charge is 2.14. The Bertz CT molecular complexity index is 376. The van der Waals surface area contributed by atoms with E-state index in [0.717, 1.165) is 0 Å². The van der Waals surface area contributed by atoms with Gasteiger partial charge in [-0.25, -0.2) is 0 Å². The van der Waals surface area contributed by atoms with Crippen LogP contribution in [-0.2, 0) is 19.2 Å². The molecule has 0 radical (unpaired) electrons. The van der Waals surface area contributed by atoms with E-state index in [0.29, 0.717) is 0 Å². The van der Waals surface area contributed by atoms with Crippen molar-refractivity contribution in [1.29, 1.82) is 0 Å². The average molecular weight is 375 g/mol. The van der Waals surface area contributed by atoms with Crippen molar-refractivity contribution < 1.29 is 39.6 Å². The molecule has 0 heterocycles. The smallest absolute Gasteiger partial charge is 0.321 e. The van der Waals surface area contributed by atoms with Crippen molar-refractivity contribution in [1.82, 2.24) is 0 Å². The van der Waals surface area contributed by atoms with Crippen LogP contribution in [0.25, 0.3) is 0 Å². The number of thiol groups is 2. The lowest BCUT2D eigenvalue weighted by molar-refractivity contribution is -0.144. The Hall–Kier alpha value is -1.54. The van der Waals surface area contributed by atoms with Crippen molar-refractivity contribution in [2.24, 2.45) is 17.2 Å². The van der Waals surface area contributed by atoms with Gasteiger partial charge >= 0.3 is 23.9 Å². The molecule has 11 nitrogen and oxygen atoms in total. The van der Waals surface area contributed by atoms with Gasteiger partial charge in [0, 0.05) is 11.5 Å². The molecule has 3 unspecified atom stereocenters. The van der Waals surface area contributed by atoms with Gasteiger partial charge in [0.25, 0.3) is 0 Å². The molecule has 0 saturated carbocycles. The fourth-order valence-corrected chi connectivity index (χ4v) is 0.744. The lowest BCUT2D eigenvalue weighted by Crippen LogP contribution is -2.32. The second-order valence-electron chi connectivity index (χ2n) is 3.80. The number of carboxylic acids is 4. The molecule has 10 N–H and O–H groups in total. The third-order valence-corrected chi connectivity index (χ3v) is 2.53. The maximum absolute atomic E-state index is 9.85. The molecule has 0 rings (SSSR count). The molecule has 0 aliphatic heterocycles. The van der Waals surface area contributed by atoms with Crippen LogP contribution >= 0.6 is 25.3 Å². The molecule has 0 aliphatic carbocycles. The fraction of sp³-hybridized carbons (Fsp3) is 0.600. The minimum absolute atomic E-state index is 0.190. The van der Waals surface area contributed by atoms with E-state index in [1.807, 2.05) is 0 Å². The monoisotopic (exact) mass is 375 g/mol. The molecule has 0 aromatic carbocycles. The van der Waals surface area contributed by atoms with Gasteiger partial charge in [-0.15, -0.1) is 0 Å². The fourth-order valence-electron chi connectivity index (χ4n) is 0.432. The summed E-state index contributed by atoms with van der Waals surface area (Å²) < 4.78 is 0. The summed E-state index contributed by atoms with van der Waals surface area (Å²) in [4.78, 5) is 39.1. The second kappa shape index (κ2) is 15.4. The maximum atomic E-state index is 9.85. The van der Waals surface area contributed by atoms with E-state index in [-0.39, 0.29) is 11.5 Å². The lowest BCUT2D eigenvalue weighted by Gasteiger charge is -1.99. The Balaban J connectivity index is -0.000000264. The van der Waals surface area contributed by atoms with Crippen molar-refractivity contribution in [3.05, 3.63) is 0 Å². The number of carboxylic acid groups (broad SMARTS) is 4. The number of hydrogen-bond donors (Lipinski definition) is 9. The molecule has 0 bridgehead atoms. The van der Waals surface area contributed by atoms with Gasteiger partial charge in [-0.3, -0.25) is 19.2 Å². The molecule has 23 heavy (non-hydrogen) atoms. The first-order valence-corrected chi connectivity index (χ1v) is 7.05. The minimum atomic E-state index is -1.29. The first kappa shape index (κ1) is 26.4. The summed E-state index contributed by atoms with van der Waals surface area (Å²) in [6, 6.07) is -2.92. The maximum Gasteiger partial charge on any atom is 0.321 e. The van der Waals surface area contributed by atoms with Crippen molar-refractivity contribution in [2.45, 2.75) is 24.5 Å². The van der Waals surface area contributed by atoms with Crippen LogP contribution in [0.15, 0.2) is 0 Å². The van der Waals surface area contributed by atoms with Crippen LogP contribution in [0.1, 0.15) is 6.42 Å². The Labute approximate surface area is 142 Å². The zero-order valence-corrected chi connectivity index (χ0v) is 13.7. The summed E-state index contributed by atoms with van der Waals surface area (Å²) in [6.07, 6.45) is -0.532. The zero-order valence-electron chi connectivity index (χ0n) is 11.9. The topological polar surface area (TPSA) is 227 Å². The molecule has 0 saturated heterocycles. The van der Waals surface area contributed by atoms with Crippen LogP contribution in [0.2, 0.25) is 0 Å². The van der Waals surface area contributed by atoms with Crippen LogP contribution in [0.5, 0.6) is 0 Å². The Kier molecular flexibility index (Phi) is 17.6. The van der Waals surface area contributed by atoms with Gasteiger partial charge < -0.3 is 37.6 Å². The number of hydrogen-bond acceptors (Lipinski definition) is 9. The third-order valence-electron chi connectivity index (χ3n) is 1.74. The quantitative estimate of drug-likeness (QED) is 0.212. The lowest BCUT2D eigenvalue weighted by atomic mass is 10.2. The number of nitrogens with two attached hydrogens (primary N) is 3. The van der Waals surface area contributed by atoms with E-state index in [9.17, 15) is 19.2 Å². The highest BCUT2D eigenvalue weighted by molar-refractivity contribution is 7.80. The summed E-state index contributed by atoms with van der Waals surface area (Å²) in [5.74, 6) is -4.13. The summed E-state index contributed by atoms with van der Waals surface area (Å²) in [5.41, 5.74) is 14.7. The molecule has 0 aromatic rings. The molecule has 0 spiro atoms. The summed E-state index contributed by atoms with van der Waals surface area (Å²) >= 11 is 7.30. The van der Waals surface area contributed by atoms with E-state index >= 15 is 0 Å². The Morgan fingerprint density at radius 3 is 1.00 bits per heavy atom. The second-order valence-corrected chi connectivity index (χ2v) is 4.53. The first-order chi connectivity index (χ1) is 10.4. The molecule has 0 amide bonds. The third kappa shape index (κ3) is 20.5. The standard InChI is InChI=1S/C4H7NO4.2C3H7NO2S/c5-2(4(8)9)1-3(6)7;2*4-2(1-7)3(5)6/h2H,1,5H2,(H,6,7)(H,8,9);2*2,7H,1,4H2,(H,5,6). The van der Waals surface area contributed by atoms with Gasteiger partial charge in [0.15, 0.2) is 0 Å². The molecule has 0 aromatic heterocycles. The Morgan fingerprint density at radius 1 is 0.696 bits per heavy atom. The number of carbonyl (C=O) groups is 4. The average Bonchev–Trinajstić information content (AvgIpc) is 2.45. The molecular formula is C10H21N3O8S2. The highest BCUT2D eigenvalue weighted by atomic mass is 32.1. The predicted molar refractivity (Wildman–Crippen MR) is 86.8 cm³/mol. The zero-order chi connectivity index (χ0) is 19.2. The first-order valence-electron chi connectivity index (χ1n) is 5.79. The van der Waals surface area contributed by atoms with Crippen LogP contribution < -0.4 is 17.2 Å². The van der Waals surface area contributed by atoms with E-state index in [1.165, 1.54) is 0 Å². The van der Waals surface area contributed by atoms with Crippen LogP contribution in [0.3, 0.4) is 0 Å². The van der Waals surface area contributed by atoms with Crippen LogP contribution in [0.4, 0.5) is 0 Å². The van der Waals surface area contributed by atoms with Gasteiger partial charge in [0.1, 0.15) is 18.1 Å². The summed E-state index contributed by atoms with van der Waals surface area (Å²) in [7, 11) is 0. The molecule has 13 heteroatoms. The molecular weight excluding hydrogens is 354 g/mol. The minimum Gasteiger partial charge on any atom is -0.481 e. The largest absolute Gasteiger partial charge is 0.481 e. The van der Waals surface area contributed by atoms with Gasteiger partial charge in [0.2, 0.25) is 0 Å². The van der Waals surface area contributed by atoms with E-state index in [1.54, 1.807) is 0 Å². The van der Waals surface area contributed by atoms with Crippen molar-refractivity contribution in [2.75, 3.05) is 11.5 Å². The molecule has 0 fully saturated rings. The normalized spacial score (nSPS) is 13.1. The van der Waals surface area contributed by atoms with Gasteiger partial charge in [-0.05, 0) is 0 Å². The molecule has 136 valence electrons.